The van der Waals surface area contributed by atoms with Gasteiger partial charge in [0, 0.05) is 25.7 Å². The molecule has 0 amide bonds. The quantitative estimate of drug-likeness (QED) is 0.741. The molecule has 2 rings (SSSR count). The molecule has 1 fully saturated rings. The summed E-state index contributed by atoms with van der Waals surface area (Å²) in [6.07, 6.45) is 2.71. The molecule has 0 aromatic heterocycles. The zero-order valence-corrected chi connectivity index (χ0v) is 12.6. The van der Waals surface area contributed by atoms with Gasteiger partial charge in [0.05, 0.1) is 7.11 Å². The molecular weight excluding hydrogens is 236 g/mol. The van der Waals surface area contributed by atoms with Gasteiger partial charge in [0.25, 0.3) is 0 Å². The van der Waals surface area contributed by atoms with Crippen molar-refractivity contribution in [3.8, 4) is 5.75 Å². The Bertz CT molecular complexity index is 439. The molecule has 3 nitrogen and oxygen atoms in total. The second kappa shape index (κ2) is 6.40. The Hall–Kier alpha value is -1.06. The minimum atomic E-state index is 0.800. The molecule has 0 heterocycles. The Morgan fingerprint density at radius 2 is 1.89 bits per heavy atom. The molecular formula is C16H26N2O. The normalized spacial score (nSPS) is 14.7. The average Bonchev–Trinajstić information content (AvgIpc) is 3.19. The zero-order valence-electron chi connectivity index (χ0n) is 12.6. The van der Waals surface area contributed by atoms with Crippen molar-refractivity contribution in [1.29, 1.82) is 0 Å². The van der Waals surface area contributed by atoms with Gasteiger partial charge < -0.3 is 15.4 Å². The molecule has 1 aliphatic carbocycles. The lowest BCUT2D eigenvalue weighted by molar-refractivity contribution is 0.408. The van der Waals surface area contributed by atoms with Gasteiger partial charge in [-0.05, 0) is 55.9 Å². The van der Waals surface area contributed by atoms with Crippen molar-refractivity contribution in [3.05, 3.63) is 28.3 Å². The number of ether oxygens (including phenoxy) is 1. The summed E-state index contributed by atoms with van der Waals surface area (Å²) in [7, 11) is 1.75. The van der Waals surface area contributed by atoms with Gasteiger partial charge in [-0.2, -0.15) is 0 Å². The van der Waals surface area contributed by atoms with Crippen molar-refractivity contribution >= 4 is 0 Å². The van der Waals surface area contributed by atoms with E-state index < -0.39 is 0 Å². The van der Waals surface area contributed by atoms with Crippen molar-refractivity contribution in [3.63, 3.8) is 0 Å². The fraction of sp³-hybridized carbons (Fsp3) is 0.625. The maximum Gasteiger partial charge on any atom is 0.124 e. The number of hydrogen-bond acceptors (Lipinski definition) is 3. The molecule has 0 radical (unpaired) electrons. The first kappa shape index (κ1) is 14.4. The van der Waals surface area contributed by atoms with Crippen LogP contribution in [-0.4, -0.2) is 26.2 Å². The predicted molar refractivity (Wildman–Crippen MR) is 79.9 cm³/mol. The molecule has 106 valence electrons. The van der Waals surface area contributed by atoms with Crippen LogP contribution in [0.15, 0.2) is 6.07 Å². The summed E-state index contributed by atoms with van der Waals surface area (Å²) >= 11 is 0. The molecule has 3 heteroatoms. The van der Waals surface area contributed by atoms with Crippen LogP contribution in [-0.2, 0) is 6.54 Å². The molecule has 1 aromatic rings. The zero-order chi connectivity index (χ0) is 13.8. The van der Waals surface area contributed by atoms with Gasteiger partial charge in [-0.1, -0.05) is 6.07 Å². The number of aryl methyl sites for hydroxylation is 1. The van der Waals surface area contributed by atoms with Crippen LogP contribution in [0.4, 0.5) is 0 Å². The number of rotatable bonds is 7. The van der Waals surface area contributed by atoms with Gasteiger partial charge in [-0.25, -0.2) is 0 Å². The van der Waals surface area contributed by atoms with Crippen LogP contribution >= 0.6 is 0 Å². The summed E-state index contributed by atoms with van der Waals surface area (Å²) < 4.78 is 5.46. The summed E-state index contributed by atoms with van der Waals surface area (Å²) in [5.74, 6) is 1.02. The molecule has 0 aliphatic heterocycles. The number of hydrogen-bond donors (Lipinski definition) is 2. The number of benzene rings is 1. The van der Waals surface area contributed by atoms with E-state index in [4.69, 9.17) is 4.74 Å². The molecule has 0 atom stereocenters. The third-order valence-electron chi connectivity index (χ3n) is 3.97. The number of nitrogens with one attached hydrogen (secondary N) is 2. The van der Waals surface area contributed by atoms with Gasteiger partial charge in [-0.15, -0.1) is 0 Å². The average molecular weight is 262 g/mol. The van der Waals surface area contributed by atoms with E-state index in [-0.39, 0.29) is 0 Å². The second-order valence-corrected chi connectivity index (χ2v) is 5.54. The second-order valence-electron chi connectivity index (χ2n) is 5.54. The maximum atomic E-state index is 5.46. The van der Waals surface area contributed by atoms with Gasteiger partial charge in [0.15, 0.2) is 0 Å². The highest BCUT2D eigenvalue weighted by Gasteiger charge is 2.19. The van der Waals surface area contributed by atoms with E-state index in [9.17, 15) is 0 Å². The summed E-state index contributed by atoms with van der Waals surface area (Å²) in [5.41, 5.74) is 5.20. The maximum absolute atomic E-state index is 5.46. The molecule has 1 aromatic carbocycles. The fourth-order valence-corrected chi connectivity index (χ4v) is 2.51. The van der Waals surface area contributed by atoms with E-state index in [1.165, 1.54) is 35.1 Å². The van der Waals surface area contributed by atoms with E-state index in [1.807, 2.05) is 0 Å². The highest BCUT2D eigenvalue weighted by Crippen LogP contribution is 2.28. The lowest BCUT2D eigenvalue weighted by Gasteiger charge is -2.16. The smallest absolute Gasteiger partial charge is 0.124 e. The Morgan fingerprint density at radius 3 is 2.53 bits per heavy atom. The highest BCUT2D eigenvalue weighted by atomic mass is 16.5. The van der Waals surface area contributed by atoms with Crippen molar-refractivity contribution in [2.75, 3.05) is 20.2 Å². The fourth-order valence-electron chi connectivity index (χ4n) is 2.51. The van der Waals surface area contributed by atoms with E-state index in [0.717, 1.165) is 31.4 Å². The first-order chi connectivity index (χ1) is 9.13. The number of methoxy groups -OCH3 is 1. The molecule has 19 heavy (non-hydrogen) atoms. The van der Waals surface area contributed by atoms with Crippen LogP contribution in [0.25, 0.3) is 0 Å². The minimum Gasteiger partial charge on any atom is -0.496 e. The summed E-state index contributed by atoms with van der Waals surface area (Å²) in [6, 6.07) is 3.04. The lowest BCUT2D eigenvalue weighted by atomic mass is 9.98. The Kier molecular flexibility index (Phi) is 4.83. The van der Waals surface area contributed by atoms with Crippen molar-refractivity contribution in [2.24, 2.45) is 0 Å². The van der Waals surface area contributed by atoms with E-state index in [1.54, 1.807) is 7.11 Å². The van der Waals surface area contributed by atoms with Gasteiger partial charge in [0.2, 0.25) is 0 Å². The topological polar surface area (TPSA) is 33.3 Å². The van der Waals surface area contributed by atoms with Gasteiger partial charge in [-0.3, -0.25) is 0 Å². The monoisotopic (exact) mass is 262 g/mol. The molecule has 0 saturated heterocycles. The summed E-state index contributed by atoms with van der Waals surface area (Å²) in [4.78, 5) is 0. The predicted octanol–water partition coefficient (Wildman–Crippen LogP) is 2.46. The van der Waals surface area contributed by atoms with Crippen LogP contribution in [0.1, 0.15) is 35.1 Å². The molecule has 0 spiro atoms. The Labute approximate surface area is 116 Å². The minimum absolute atomic E-state index is 0.800. The molecule has 1 aliphatic rings. The third-order valence-corrected chi connectivity index (χ3v) is 3.97. The molecule has 1 saturated carbocycles. The van der Waals surface area contributed by atoms with Crippen LogP contribution in [0.5, 0.6) is 5.75 Å². The van der Waals surface area contributed by atoms with E-state index in [2.05, 4.69) is 37.5 Å². The van der Waals surface area contributed by atoms with Crippen LogP contribution < -0.4 is 15.4 Å². The van der Waals surface area contributed by atoms with Crippen molar-refractivity contribution in [1.82, 2.24) is 10.6 Å². The summed E-state index contributed by atoms with van der Waals surface area (Å²) in [5, 5.41) is 7.03. The first-order valence-electron chi connectivity index (χ1n) is 7.21. The SMILES string of the molecule is COc1c(C)cc(CNCCNC2CC2)c(C)c1C. The van der Waals surface area contributed by atoms with Crippen molar-refractivity contribution in [2.45, 2.75) is 46.2 Å². The first-order valence-corrected chi connectivity index (χ1v) is 7.21. The molecule has 0 unspecified atom stereocenters. The largest absolute Gasteiger partial charge is 0.496 e. The van der Waals surface area contributed by atoms with Crippen LogP contribution in [0.2, 0.25) is 0 Å². The van der Waals surface area contributed by atoms with Crippen LogP contribution in [0, 0.1) is 20.8 Å². The van der Waals surface area contributed by atoms with Gasteiger partial charge >= 0.3 is 0 Å². The molecule has 0 bridgehead atoms. The van der Waals surface area contributed by atoms with Crippen molar-refractivity contribution < 1.29 is 4.74 Å². The van der Waals surface area contributed by atoms with Crippen LogP contribution in [0.3, 0.4) is 0 Å². The molecule has 2 N–H and O–H groups in total. The summed E-state index contributed by atoms with van der Waals surface area (Å²) in [6.45, 7) is 9.46. The Balaban J connectivity index is 1.88. The Morgan fingerprint density at radius 1 is 1.16 bits per heavy atom. The van der Waals surface area contributed by atoms with E-state index in [0.29, 0.717) is 0 Å². The van der Waals surface area contributed by atoms with Gasteiger partial charge in [0.1, 0.15) is 5.75 Å². The standard InChI is InChI=1S/C16H26N2O/c1-11-9-14(12(2)13(3)16(11)19-4)10-17-7-8-18-15-5-6-15/h9,15,17-18H,5-8,10H2,1-4H3. The lowest BCUT2D eigenvalue weighted by Crippen LogP contribution is -2.28. The third kappa shape index (κ3) is 3.71. The van der Waals surface area contributed by atoms with E-state index >= 15 is 0 Å². The highest BCUT2D eigenvalue weighted by molar-refractivity contribution is 5.48.